The molecule has 5 heteroatoms. The number of anilines is 1. The van der Waals surface area contributed by atoms with Gasteiger partial charge in [0.25, 0.3) is 0 Å². The Morgan fingerprint density at radius 2 is 2.12 bits per heavy atom. The van der Waals surface area contributed by atoms with Crippen molar-refractivity contribution in [2.75, 3.05) is 32.7 Å². The minimum absolute atomic E-state index is 0.338. The second-order valence-electron chi connectivity index (χ2n) is 3.31. The van der Waals surface area contributed by atoms with Crippen LogP contribution in [0.15, 0.2) is 18.2 Å². The highest BCUT2D eigenvalue weighted by atomic mass is 16.5. The van der Waals surface area contributed by atoms with Crippen LogP contribution in [0.1, 0.15) is 17.3 Å². The summed E-state index contributed by atoms with van der Waals surface area (Å²) in [4.78, 5) is 11.4. The van der Waals surface area contributed by atoms with E-state index in [9.17, 15) is 4.79 Å². The number of hydrogen-bond acceptors (Lipinski definition) is 5. The summed E-state index contributed by atoms with van der Waals surface area (Å²) in [5, 5.41) is 0. The highest BCUT2D eigenvalue weighted by Gasteiger charge is 2.09. The monoisotopic (exact) mass is 239 g/mol. The van der Waals surface area contributed by atoms with Gasteiger partial charge in [-0.1, -0.05) is 0 Å². The van der Waals surface area contributed by atoms with Gasteiger partial charge in [-0.25, -0.2) is 4.79 Å². The molecule has 5 nitrogen and oxygen atoms in total. The molecular weight excluding hydrogens is 222 g/mol. The first kappa shape index (κ1) is 13.3. The van der Waals surface area contributed by atoms with E-state index in [4.69, 9.17) is 19.9 Å². The van der Waals surface area contributed by atoms with E-state index in [1.807, 2.05) is 0 Å². The number of nitrogen functional groups attached to an aromatic ring is 1. The van der Waals surface area contributed by atoms with Gasteiger partial charge in [0.2, 0.25) is 0 Å². The minimum Gasteiger partial charge on any atom is -0.489 e. The molecule has 0 saturated carbocycles. The van der Waals surface area contributed by atoms with Crippen LogP contribution < -0.4 is 10.5 Å². The van der Waals surface area contributed by atoms with E-state index < -0.39 is 0 Å². The average Bonchev–Trinajstić information content (AvgIpc) is 2.31. The van der Waals surface area contributed by atoms with Crippen LogP contribution in [0.4, 0.5) is 5.69 Å². The molecule has 0 unspecified atom stereocenters. The molecule has 0 amide bonds. The number of ether oxygens (including phenoxy) is 3. The zero-order valence-electron chi connectivity index (χ0n) is 10.1. The minimum atomic E-state index is -0.386. The van der Waals surface area contributed by atoms with Crippen LogP contribution in [0, 0.1) is 0 Å². The molecule has 1 aromatic carbocycles. The van der Waals surface area contributed by atoms with Crippen molar-refractivity contribution in [3.05, 3.63) is 23.8 Å². The first-order valence-corrected chi connectivity index (χ1v) is 5.37. The Labute approximate surface area is 100 Å². The van der Waals surface area contributed by atoms with Crippen LogP contribution in [0.2, 0.25) is 0 Å². The van der Waals surface area contributed by atoms with Crippen molar-refractivity contribution in [1.82, 2.24) is 0 Å². The number of esters is 1. The molecule has 0 radical (unpaired) electrons. The summed E-state index contributed by atoms with van der Waals surface area (Å²) in [6, 6.07) is 4.81. The number of carbonyl (C=O) groups is 1. The molecule has 0 bridgehead atoms. The second kappa shape index (κ2) is 6.75. The summed E-state index contributed by atoms with van der Waals surface area (Å²) in [5.74, 6) is 0.151. The van der Waals surface area contributed by atoms with Crippen LogP contribution in [-0.2, 0) is 9.47 Å². The Morgan fingerprint density at radius 1 is 1.35 bits per heavy atom. The summed E-state index contributed by atoms with van der Waals surface area (Å²) in [7, 11) is 1.59. The lowest BCUT2D eigenvalue weighted by molar-refractivity contribution is 0.0526. The molecule has 0 aromatic heterocycles. The Balaban J connectivity index is 2.68. The fourth-order valence-electron chi connectivity index (χ4n) is 1.26. The van der Waals surface area contributed by atoms with Gasteiger partial charge in [-0.15, -0.1) is 0 Å². The summed E-state index contributed by atoms with van der Waals surface area (Å²) in [5.41, 5.74) is 6.59. The van der Waals surface area contributed by atoms with Crippen molar-refractivity contribution in [3.63, 3.8) is 0 Å². The standard InChI is InChI=1S/C12H17NO4/c1-3-16-12(14)9-4-5-11(10(13)8-9)17-7-6-15-2/h4-5,8H,3,6-7,13H2,1-2H3. The highest BCUT2D eigenvalue weighted by molar-refractivity contribution is 5.91. The summed E-state index contributed by atoms with van der Waals surface area (Å²) in [6.07, 6.45) is 0. The van der Waals surface area contributed by atoms with Gasteiger partial charge in [0.1, 0.15) is 12.4 Å². The smallest absolute Gasteiger partial charge is 0.338 e. The van der Waals surface area contributed by atoms with Crippen LogP contribution in [-0.4, -0.2) is 32.9 Å². The lowest BCUT2D eigenvalue weighted by Gasteiger charge is -2.09. The van der Waals surface area contributed by atoms with Gasteiger partial charge in [0.15, 0.2) is 0 Å². The van der Waals surface area contributed by atoms with Gasteiger partial charge >= 0.3 is 5.97 Å². The maximum atomic E-state index is 11.4. The molecular formula is C12H17NO4. The molecule has 0 aliphatic carbocycles. The lowest BCUT2D eigenvalue weighted by Crippen LogP contribution is -2.08. The van der Waals surface area contributed by atoms with Crippen molar-refractivity contribution in [3.8, 4) is 5.75 Å². The number of carbonyl (C=O) groups excluding carboxylic acids is 1. The first-order valence-electron chi connectivity index (χ1n) is 5.37. The third kappa shape index (κ3) is 3.96. The maximum absolute atomic E-state index is 11.4. The Bertz CT molecular complexity index is 379. The van der Waals surface area contributed by atoms with Crippen molar-refractivity contribution in [1.29, 1.82) is 0 Å². The zero-order valence-corrected chi connectivity index (χ0v) is 10.1. The van der Waals surface area contributed by atoms with Gasteiger partial charge in [0, 0.05) is 7.11 Å². The van der Waals surface area contributed by atoms with E-state index in [0.29, 0.717) is 36.8 Å². The highest BCUT2D eigenvalue weighted by Crippen LogP contribution is 2.22. The molecule has 0 aliphatic heterocycles. The van der Waals surface area contributed by atoms with E-state index in [1.165, 1.54) is 0 Å². The quantitative estimate of drug-likeness (QED) is 0.462. The molecule has 0 spiro atoms. The third-order valence-corrected chi connectivity index (χ3v) is 2.07. The van der Waals surface area contributed by atoms with Crippen LogP contribution >= 0.6 is 0 Å². The Hall–Kier alpha value is -1.75. The molecule has 0 atom stereocenters. The van der Waals surface area contributed by atoms with Gasteiger partial charge < -0.3 is 19.9 Å². The van der Waals surface area contributed by atoms with Crippen molar-refractivity contribution in [2.24, 2.45) is 0 Å². The molecule has 94 valence electrons. The topological polar surface area (TPSA) is 70.8 Å². The number of hydrogen-bond donors (Lipinski definition) is 1. The van der Waals surface area contributed by atoms with Gasteiger partial charge in [-0.05, 0) is 25.1 Å². The summed E-state index contributed by atoms with van der Waals surface area (Å²) >= 11 is 0. The van der Waals surface area contributed by atoms with E-state index in [0.717, 1.165) is 0 Å². The molecule has 0 heterocycles. The van der Waals surface area contributed by atoms with Crippen LogP contribution in [0.25, 0.3) is 0 Å². The normalized spacial score (nSPS) is 10.0. The Morgan fingerprint density at radius 3 is 2.71 bits per heavy atom. The lowest BCUT2D eigenvalue weighted by atomic mass is 10.2. The van der Waals surface area contributed by atoms with Gasteiger partial charge in [0.05, 0.1) is 24.5 Å². The first-order chi connectivity index (χ1) is 8.19. The molecule has 1 aromatic rings. The van der Waals surface area contributed by atoms with Crippen LogP contribution in [0.3, 0.4) is 0 Å². The number of methoxy groups -OCH3 is 1. The molecule has 2 N–H and O–H groups in total. The van der Waals surface area contributed by atoms with Gasteiger partial charge in [-0.2, -0.15) is 0 Å². The largest absolute Gasteiger partial charge is 0.489 e. The van der Waals surface area contributed by atoms with E-state index in [1.54, 1.807) is 32.2 Å². The van der Waals surface area contributed by atoms with Crippen molar-refractivity contribution in [2.45, 2.75) is 6.92 Å². The number of nitrogens with two attached hydrogens (primary N) is 1. The molecule has 0 aliphatic rings. The Kier molecular flexibility index (Phi) is 5.29. The predicted molar refractivity (Wildman–Crippen MR) is 64.2 cm³/mol. The van der Waals surface area contributed by atoms with Crippen LogP contribution in [0.5, 0.6) is 5.75 Å². The fourth-order valence-corrected chi connectivity index (χ4v) is 1.26. The molecule has 0 saturated heterocycles. The predicted octanol–water partition coefficient (Wildman–Crippen LogP) is 1.47. The van der Waals surface area contributed by atoms with Crippen molar-refractivity contribution >= 4 is 11.7 Å². The molecule has 0 fully saturated rings. The summed E-state index contributed by atoms with van der Waals surface area (Å²) < 4.78 is 15.1. The average molecular weight is 239 g/mol. The third-order valence-electron chi connectivity index (χ3n) is 2.07. The fraction of sp³-hybridized carbons (Fsp3) is 0.417. The van der Waals surface area contributed by atoms with E-state index >= 15 is 0 Å². The van der Waals surface area contributed by atoms with Crippen molar-refractivity contribution < 1.29 is 19.0 Å². The zero-order chi connectivity index (χ0) is 12.7. The summed E-state index contributed by atoms with van der Waals surface area (Å²) in [6.45, 7) is 2.99. The molecule has 1 rings (SSSR count). The molecule has 17 heavy (non-hydrogen) atoms. The van der Waals surface area contributed by atoms with Gasteiger partial charge in [-0.3, -0.25) is 0 Å². The van der Waals surface area contributed by atoms with E-state index in [-0.39, 0.29) is 5.97 Å². The SMILES string of the molecule is CCOC(=O)c1ccc(OCCOC)c(N)c1. The van der Waals surface area contributed by atoms with E-state index in [2.05, 4.69) is 0 Å². The second-order valence-corrected chi connectivity index (χ2v) is 3.31. The number of benzene rings is 1. The maximum Gasteiger partial charge on any atom is 0.338 e. The number of rotatable bonds is 6.